The number of hydrogen-bond acceptors (Lipinski definition) is 3. The van der Waals surface area contributed by atoms with Gasteiger partial charge < -0.3 is 15.1 Å². The summed E-state index contributed by atoms with van der Waals surface area (Å²) in [6, 6.07) is 17.6. The van der Waals surface area contributed by atoms with Crippen molar-refractivity contribution >= 4 is 7.32 Å². The lowest BCUT2D eigenvalue weighted by atomic mass is 10.3. The van der Waals surface area contributed by atoms with E-state index >= 15 is 0 Å². The maximum absolute atomic E-state index is 8.42. The first-order valence-electron chi connectivity index (χ1n) is 6.44. The van der Waals surface area contributed by atoms with E-state index in [-0.39, 0.29) is 0 Å². The summed E-state index contributed by atoms with van der Waals surface area (Å²) in [4.78, 5) is 8.68. The second kappa shape index (κ2) is 16.4. The molecular formula is C15H18BN3O3. The van der Waals surface area contributed by atoms with E-state index in [0.717, 1.165) is 0 Å². The zero-order valence-electron chi connectivity index (χ0n) is 12.0. The molecule has 0 saturated heterocycles. The highest BCUT2D eigenvalue weighted by Gasteiger charge is 1.67. The molecule has 0 aliphatic heterocycles. The van der Waals surface area contributed by atoms with E-state index in [0.29, 0.717) is 0 Å². The summed E-state index contributed by atoms with van der Waals surface area (Å²) in [5.74, 6) is 0. The Morgan fingerprint density at radius 3 is 0.636 bits per heavy atom. The number of aromatic amines is 3. The summed E-state index contributed by atoms with van der Waals surface area (Å²) < 4.78 is 0. The van der Waals surface area contributed by atoms with Crippen molar-refractivity contribution in [2.75, 3.05) is 0 Å². The summed E-state index contributed by atoms with van der Waals surface area (Å²) in [5, 5.41) is 25.2. The highest BCUT2D eigenvalue weighted by atomic mass is 16.5. The quantitative estimate of drug-likeness (QED) is 0.430. The molecule has 0 aliphatic rings. The van der Waals surface area contributed by atoms with Crippen molar-refractivity contribution in [3.8, 4) is 0 Å². The molecule has 0 atom stereocenters. The van der Waals surface area contributed by atoms with Gasteiger partial charge in [0, 0.05) is 36.4 Å². The fourth-order valence-electron chi connectivity index (χ4n) is 1.03. The van der Waals surface area contributed by atoms with E-state index in [4.69, 9.17) is 15.1 Å². The molecule has 0 bridgehead atoms. The van der Waals surface area contributed by atoms with Crippen molar-refractivity contribution in [2.24, 2.45) is 0 Å². The van der Waals surface area contributed by atoms with E-state index in [1.807, 2.05) is 91.8 Å². The maximum Gasteiger partial charge on any atom is 0.166 e. The minimum atomic E-state index is -2.92. The lowest BCUT2D eigenvalue weighted by Gasteiger charge is -2.35. The second-order valence-electron chi connectivity index (χ2n) is 3.52. The average Bonchev–Trinajstić information content (AvgIpc) is 2.60. The Labute approximate surface area is 130 Å². The summed E-state index contributed by atoms with van der Waals surface area (Å²) in [6.07, 6.45) is 11.2. The molecule has 3 rings (SSSR count). The van der Waals surface area contributed by atoms with Crippen LogP contribution in [0.3, 0.4) is 0 Å². The Kier molecular flexibility index (Phi) is 14.5. The molecule has 0 aliphatic carbocycles. The van der Waals surface area contributed by atoms with Crippen LogP contribution in [-0.2, 0) is 0 Å². The molecule has 22 heavy (non-hydrogen) atoms. The predicted molar refractivity (Wildman–Crippen MR) is 74.7 cm³/mol. The minimum absolute atomic E-state index is 1.88. The molecule has 0 amide bonds. The summed E-state index contributed by atoms with van der Waals surface area (Å²) >= 11 is 0. The van der Waals surface area contributed by atoms with Crippen LogP contribution in [-0.4, -0.2) is 7.32 Å². The zero-order valence-corrected chi connectivity index (χ0v) is 12.0. The third-order valence-electron chi connectivity index (χ3n) is 1.82. The first-order valence-corrected chi connectivity index (χ1v) is 6.44. The van der Waals surface area contributed by atoms with Crippen LogP contribution in [0, 0.1) is 0 Å². The van der Waals surface area contributed by atoms with Gasteiger partial charge in [0.1, 0.15) is 0 Å². The predicted octanol–water partition coefficient (Wildman–Crippen LogP) is -2.45. The van der Waals surface area contributed by atoms with Crippen molar-refractivity contribution in [3.63, 3.8) is 0 Å². The molecule has 0 radical (unpaired) electrons. The molecule has 0 fully saturated rings. The Morgan fingerprint density at radius 2 is 0.591 bits per heavy atom. The number of rotatable bonds is 0. The lowest BCUT2D eigenvalue weighted by molar-refractivity contribution is -0.479. The van der Waals surface area contributed by atoms with Crippen LogP contribution in [0.25, 0.3) is 0 Å². The van der Waals surface area contributed by atoms with E-state index in [2.05, 4.69) is 15.0 Å². The Balaban J connectivity index is 0.000000271. The normalized spacial score (nSPS) is 7.77. The highest BCUT2D eigenvalue weighted by Crippen LogP contribution is 1.69. The summed E-state index contributed by atoms with van der Waals surface area (Å²) in [7, 11) is -2.92. The largest absolute Gasteiger partial charge is 0.907 e. The first-order chi connectivity index (χ1) is 10.7. The third-order valence-corrected chi connectivity index (χ3v) is 1.82. The molecule has 0 spiro atoms. The van der Waals surface area contributed by atoms with Gasteiger partial charge in [0.15, 0.2) is 37.2 Å². The smallest absolute Gasteiger partial charge is 0.166 e. The number of nitrogens with one attached hydrogen (secondary N) is 3. The van der Waals surface area contributed by atoms with Crippen LogP contribution >= 0.6 is 0 Å². The fraction of sp³-hybridized carbons (Fsp3) is 0. The van der Waals surface area contributed by atoms with Crippen LogP contribution < -0.4 is 30.0 Å². The Morgan fingerprint density at radius 1 is 0.409 bits per heavy atom. The van der Waals surface area contributed by atoms with Crippen LogP contribution in [0.5, 0.6) is 0 Å². The average molecular weight is 299 g/mol. The molecule has 0 aromatic carbocycles. The molecule has 3 N–H and O–H groups in total. The van der Waals surface area contributed by atoms with Gasteiger partial charge in [-0.05, 0) is 0 Å². The molecule has 3 aromatic heterocycles. The number of hydrogen-bond donors (Lipinski definition) is 0. The van der Waals surface area contributed by atoms with Crippen molar-refractivity contribution < 1.29 is 30.0 Å². The van der Waals surface area contributed by atoms with Crippen molar-refractivity contribution in [1.82, 2.24) is 0 Å². The molecule has 7 heteroatoms. The van der Waals surface area contributed by atoms with Crippen LogP contribution in [0.1, 0.15) is 0 Å². The van der Waals surface area contributed by atoms with Gasteiger partial charge >= 0.3 is 0 Å². The fourth-order valence-corrected chi connectivity index (χ4v) is 1.03. The van der Waals surface area contributed by atoms with Crippen LogP contribution in [0.15, 0.2) is 91.8 Å². The van der Waals surface area contributed by atoms with E-state index in [1.54, 1.807) is 0 Å². The van der Waals surface area contributed by atoms with Crippen LogP contribution in [0.4, 0.5) is 0 Å². The Bertz CT molecular complexity index is 358. The van der Waals surface area contributed by atoms with E-state index in [1.165, 1.54) is 0 Å². The molecule has 0 unspecified atom stereocenters. The highest BCUT2D eigenvalue weighted by molar-refractivity contribution is 6.24. The zero-order chi connectivity index (χ0) is 16.3. The lowest BCUT2D eigenvalue weighted by Crippen LogP contribution is -2.56. The number of aromatic nitrogens is 3. The standard InChI is InChI=1S/3C5H5N.BO3/c3*1-2-4-6-5-3-1;2-1(3)4/h3*1-5H;/q;;;-3/p+3. The topological polar surface area (TPSA) is 112 Å². The molecule has 3 heterocycles. The third kappa shape index (κ3) is 19.7. The van der Waals surface area contributed by atoms with Gasteiger partial charge in [-0.25, -0.2) is 15.0 Å². The van der Waals surface area contributed by atoms with Gasteiger partial charge in [-0.2, -0.15) is 0 Å². The monoisotopic (exact) mass is 299 g/mol. The first kappa shape index (κ1) is 19.4. The van der Waals surface area contributed by atoms with Gasteiger partial charge in [-0.15, -0.1) is 0 Å². The Hall–Kier alpha value is -2.61. The number of H-pyrrole nitrogens is 3. The van der Waals surface area contributed by atoms with Crippen LogP contribution in [0.2, 0.25) is 0 Å². The molecule has 3 aromatic rings. The molecule has 0 saturated carbocycles. The summed E-state index contributed by atoms with van der Waals surface area (Å²) in [5.41, 5.74) is 0. The van der Waals surface area contributed by atoms with E-state index < -0.39 is 7.32 Å². The van der Waals surface area contributed by atoms with Gasteiger partial charge in [-0.3, -0.25) is 7.32 Å². The SMILES string of the molecule is [O-]B([O-])[O-].c1cc[nH+]cc1.c1cc[nH+]cc1.c1cc[nH+]cc1. The number of pyridine rings is 3. The molecule has 6 nitrogen and oxygen atoms in total. The van der Waals surface area contributed by atoms with Gasteiger partial charge in [0.05, 0.1) is 0 Å². The van der Waals surface area contributed by atoms with Gasteiger partial charge in [0.2, 0.25) is 0 Å². The van der Waals surface area contributed by atoms with Crippen molar-refractivity contribution in [1.29, 1.82) is 0 Å². The van der Waals surface area contributed by atoms with Crippen molar-refractivity contribution in [2.45, 2.75) is 0 Å². The summed E-state index contributed by atoms with van der Waals surface area (Å²) in [6.45, 7) is 0. The minimum Gasteiger partial charge on any atom is -0.907 e. The second-order valence-corrected chi connectivity index (χ2v) is 3.52. The molecular weight excluding hydrogens is 281 g/mol. The van der Waals surface area contributed by atoms with Crippen molar-refractivity contribution in [3.05, 3.63) is 91.8 Å². The van der Waals surface area contributed by atoms with Gasteiger partial charge in [0.25, 0.3) is 0 Å². The van der Waals surface area contributed by atoms with E-state index in [9.17, 15) is 0 Å². The molecule has 114 valence electrons. The maximum atomic E-state index is 8.42. The van der Waals surface area contributed by atoms with Gasteiger partial charge in [-0.1, -0.05) is 18.2 Å².